The maximum Gasteiger partial charge on any atom is 0.334 e. The minimum absolute atomic E-state index is 0.0229. The molecule has 0 aromatic carbocycles. The van der Waals surface area contributed by atoms with E-state index < -0.39 is 52.5 Å². The molecule has 1 aromatic rings. The number of hydrogen-bond donors (Lipinski definition) is 1. The zero-order chi connectivity index (χ0) is 22.6. The van der Waals surface area contributed by atoms with Gasteiger partial charge in [0.1, 0.15) is 12.0 Å². The molecule has 0 radical (unpaired) electrons. The van der Waals surface area contributed by atoms with Crippen LogP contribution in [0.15, 0.2) is 23.0 Å². The van der Waals surface area contributed by atoms with Crippen LogP contribution in [0.2, 0.25) is 0 Å². The van der Waals surface area contributed by atoms with E-state index in [-0.39, 0.29) is 18.2 Å². The van der Waals surface area contributed by atoms with Crippen LogP contribution in [-0.2, 0) is 33.5 Å². The van der Waals surface area contributed by atoms with Gasteiger partial charge in [-0.1, -0.05) is 13.8 Å². The monoisotopic (exact) mass is 433 g/mol. The molecule has 0 bridgehead atoms. The van der Waals surface area contributed by atoms with Gasteiger partial charge in [-0.05, 0) is 42.6 Å². The highest BCUT2D eigenvalue weighted by Gasteiger charge is 2.68. The standard InChI is InChI=1S/C22H27NO8/c1-21-6-4-13-20(27)30-15(11-5-7-29-10-11)9-22(13,2)17(21)16(24)12(18(25)31-23)8-14(21)19(26)28-3/h5,7,10,12-15,17H,4,6,8-9,23H2,1-3H3/t12-,13?,14-,15-,17?,21-,22-/m0/s1. The minimum Gasteiger partial charge on any atom is -0.472 e. The molecule has 31 heavy (non-hydrogen) atoms. The highest BCUT2D eigenvalue weighted by molar-refractivity contribution is 6.03. The lowest BCUT2D eigenvalue weighted by Crippen LogP contribution is -2.64. The molecule has 2 aliphatic carbocycles. The number of nitrogens with two attached hydrogens (primary N) is 1. The van der Waals surface area contributed by atoms with Crippen LogP contribution in [0.25, 0.3) is 0 Å². The molecule has 2 N–H and O–H groups in total. The molecule has 3 aliphatic rings. The number of esters is 2. The highest BCUT2D eigenvalue weighted by Crippen LogP contribution is 2.65. The molecule has 2 unspecified atom stereocenters. The smallest absolute Gasteiger partial charge is 0.334 e. The number of hydrogen-bond acceptors (Lipinski definition) is 9. The van der Waals surface area contributed by atoms with Gasteiger partial charge in [0.15, 0.2) is 5.78 Å². The molecule has 0 amide bonds. The van der Waals surface area contributed by atoms with Gasteiger partial charge in [0.25, 0.3) is 0 Å². The second-order valence-corrected chi connectivity index (χ2v) is 9.43. The summed E-state index contributed by atoms with van der Waals surface area (Å²) < 4.78 is 15.9. The van der Waals surface area contributed by atoms with E-state index in [9.17, 15) is 19.2 Å². The van der Waals surface area contributed by atoms with Crippen molar-refractivity contribution in [2.24, 2.45) is 40.4 Å². The van der Waals surface area contributed by atoms with Crippen molar-refractivity contribution in [2.75, 3.05) is 7.11 Å². The number of carbonyl (C=O) groups is 4. The fraction of sp³-hybridized carbons (Fsp3) is 0.636. The summed E-state index contributed by atoms with van der Waals surface area (Å²) in [5, 5.41) is 0. The van der Waals surface area contributed by atoms with E-state index in [0.29, 0.717) is 24.8 Å². The Morgan fingerprint density at radius 2 is 1.94 bits per heavy atom. The lowest BCUT2D eigenvalue weighted by Gasteiger charge is -2.61. The second-order valence-electron chi connectivity index (χ2n) is 9.43. The zero-order valence-electron chi connectivity index (χ0n) is 17.8. The lowest BCUT2D eigenvalue weighted by molar-refractivity contribution is -0.206. The summed E-state index contributed by atoms with van der Waals surface area (Å²) in [6.07, 6.45) is 3.71. The van der Waals surface area contributed by atoms with Crippen LogP contribution in [0.4, 0.5) is 0 Å². The van der Waals surface area contributed by atoms with E-state index >= 15 is 0 Å². The Morgan fingerprint density at radius 3 is 2.55 bits per heavy atom. The summed E-state index contributed by atoms with van der Waals surface area (Å²) in [5.74, 6) is -0.156. The van der Waals surface area contributed by atoms with Crippen molar-refractivity contribution in [3.63, 3.8) is 0 Å². The topological polar surface area (TPSA) is 135 Å². The fourth-order valence-corrected chi connectivity index (χ4v) is 6.49. The Morgan fingerprint density at radius 1 is 1.19 bits per heavy atom. The third-order valence-corrected chi connectivity index (χ3v) is 7.95. The summed E-state index contributed by atoms with van der Waals surface area (Å²) >= 11 is 0. The molecule has 1 aliphatic heterocycles. The minimum atomic E-state index is -1.19. The molecule has 9 heteroatoms. The summed E-state index contributed by atoms with van der Waals surface area (Å²) in [6, 6.07) is 1.72. The molecule has 1 saturated heterocycles. The SMILES string of the molecule is COC(=O)[C@@H]1C[C@H](C(=O)ON)C(=O)C2[C@@]3(C)C[C@@H](c4ccoc4)OC(=O)C3CC[C@]21C. The first kappa shape index (κ1) is 21.5. The van der Waals surface area contributed by atoms with Gasteiger partial charge in [-0.15, -0.1) is 0 Å². The van der Waals surface area contributed by atoms with Gasteiger partial charge in [-0.2, -0.15) is 5.90 Å². The Kier molecular flexibility index (Phi) is 5.20. The fourth-order valence-electron chi connectivity index (χ4n) is 6.49. The van der Waals surface area contributed by atoms with E-state index in [4.69, 9.17) is 19.8 Å². The third-order valence-electron chi connectivity index (χ3n) is 7.95. The van der Waals surface area contributed by atoms with Gasteiger partial charge in [0, 0.05) is 11.5 Å². The van der Waals surface area contributed by atoms with E-state index in [1.807, 2.05) is 13.8 Å². The van der Waals surface area contributed by atoms with E-state index in [1.54, 1.807) is 6.07 Å². The Balaban J connectivity index is 1.82. The number of furan rings is 1. The molecule has 1 aromatic heterocycles. The van der Waals surface area contributed by atoms with Crippen LogP contribution in [0.1, 0.15) is 51.2 Å². The first-order chi connectivity index (χ1) is 14.7. The van der Waals surface area contributed by atoms with Crippen LogP contribution in [0.3, 0.4) is 0 Å². The summed E-state index contributed by atoms with van der Waals surface area (Å²) in [5.41, 5.74) is -0.911. The van der Waals surface area contributed by atoms with Crippen LogP contribution in [-0.4, -0.2) is 30.8 Å². The van der Waals surface area contributed by atoms with Gasteiger partial charge < -0.3 is 18.7 Å². The van der Waals surface area contributed by atoms with Gasteiger partial charge in [0.2, 0.25) is 0 Å². The number of carbonyl (C=O) groups excluding carboxylic acids is 4. The number of ketones is 1. The molecular formula is C22H27NO8. The van der Waals surface area contributed by atoms with Crippen LogP contribution in [0.5, 0.6) is 0 Å². The first-order valence-electron chi connectivity index (χ1n) is 10.4. The molecule has 7 atom stereocenters. The van der Waals surface area contributed by atoms with Gasteiger partial charge >= 0.3 is 17.9 Å². The van der Waals surface area contributed by atoms with Crippen LogP contribution >= 0.6 is 0 Å². The molecule has 4 rings (SSSR count). The van der Waals surface area contributed by atoms with Crippen molar-refractivity contribution in [3.05, 3.63) is 24.2 Å². The van der Waals surface area contributed by atoms with Crippen molar-refractivity contribution < 1.29 is 37.9 Å². The maximum atomic E-state index is 13.7. The van der Waals surface area contributed by atoms with E-state index in [2.05, 4.69) is 4.84 Å². The molecule has 3 fully saturated rings. The van der Waals surface area contributed by atoms with E-state index in [0.717, 1.165) is 0 Å². The number of methoxy groups -OCH3 is 1. The number of rotatable bonds is 3. The molecule has 2 heterocycles. The van der Waals surface area contributed by atoms with Gasteiger partial charge in [-0.25, -0.2) is 4.79 Å². The molecule has 2 saturated carbocycles. The summed E-state index contributed by atoms with van der Waals surface area (Å²) in [6.45, 7) is 3.77. The van der Waals surface area contributed by atoms with Crippen molar-refractivity contribution in [1.29, 1.82) is 0 Å². The normalized spacial score (nSPS) is 39.7. The van der Waals surface area contributed by atoms with E-state index in [1.165, 1.54) is 19.6 Å². The molecular weight excluding hydrogens is 406 g/mol. The number of Topliss-reactive ketones (excluding diaryl/α,β-unsaturated/α-hetero) is 1. The second kappa shape index (κ2) is 7.47. The summed E-state index contributed by atoms with van der Waals surface area (Å²) in [4.78, 5) is 56.2. The van der Waals surface area contributed by atoms with Crippen molar-refractivity contribution in [1.82, 2.24) is 0 Å². The maximum absolute atomic E-state index is 13.7. The Labute approximate surface area is 179 Å². The predicted octanol–water partition coefficient (Wildman–Crippen LogP) is 2.10. The van der Waals surface area contributed by atoms with Gasteiger partial charge in [0.05, 0.1) is 31.5 Å². The molecule has 168 valence electrons. The Hall–Kier alpha value is -2.68. The van der Waals surface area contributed by atoms with Crippen molar-refractivity contribution in [3.8, 4) is 0 Å². The third kappa shape index (κ3) is 3.09. The van der Waals surface area contributed by atoms with Crippen molar-refractivity contribution in [2.45, 2.75) is 45.6 Å². The number of cyclic esters (lactones) is 1. The largest absolute Gasteiger partial charge is 0.472 e. The van der Waals surface area contributed by atoms with Crippen LogP contribution < -0.4 is 5.90 Å². The number of ether oxygens (including phenoxy) is 2. The zero-order valence-corrected chi connectivity index (χ0v) is 17.8. The van der Waals surface area contributed by atoms with Crippen molar-refractivity contribution >= 4 is 23.7 Å². The average molecular weight is 433 g/mol. The summed E-state index contributed by atoms with van der Waals surface area (Å²) in [7, 11) is 1.29. The first-order valence-corrected chi connectivity index (χ1v) is 10.4. The van der Waals surface area contributed by atoms with Crippen LogP contribution in [0, 0.1) is 34.5 Å². The quantitative estimate of drug-likeness (QED) is 0.432. The number of fused-ring (bicyclic) bond motifs is 3. The molecule has 0 spiro atoms. The average Bonchev–Trinajstić information content (AvgIpc) is 3.26. The predicted molar refractivity (Wildman–Crippen MR) is 103 cm³/mol. The lowest BCUT2D eigenvalue weighted by atomic mass is 9.42. The highest BCUT2D eigenvalue weighted by atomic mass is 16.7. The Bertz CT molecular complexity index is 911. The molecule has 9 nitrogen and oxygen atoms in total. The van der Waals surface area contributed by atoms with Gasteiger partial charge in [-0.3, -0.25) is 14.4 Å².